The van der Waals surface area contributed by atoms with Crippen LogP contribution in [0.4, 0.5) is 0 Å². The minimum Gasteiger partial charge on any atom is -0.271 e. The maximum atomic E-state index is 11.9. The number of nitrogens with zero attached hydrogens (tertiary/aromatic N) is 4. The van der Waals surface area contributed by atoms with Gasteiger partial charge in [0.2, 0.25) is 10.0 Å². The quantitative estimate of drug-likeness (QED) is 0.830. The van der Waals surface area contributed by atoms with Crippen LogP contribution >= 0.6 is 11.3 Å². The zero-order valence-corrected chi connectivity index (χ0v) is 12.7. The number of aromatic nitrogens is 3. The molecule has 0 aliphatic heterocycles. The van der Waals surface area contributed by atoms with E-state index < -0.39 is 10.0 Å². The van der Waals surface area contributed by atoms with E-state index in [-0.39, 0.29) is 4.90 Å². The summed E-state index contributed by atoms with van der Waals surface area (Å²) in [5.74, 6) is 0. The fraction of sp³-hybridized carbons (Fsp3) is 0.455. The van der Waals surface area contributed by atoms with Crippen molar-refractivity contribution in [2.24, 2.45) is 0 Å². The van der Waals surface area contributed by atoms with E-state index in [1.54, 1.807) is 22.2 Å². The fourth-order valence-corrected chi connectivity index (χ4v) is 3.22. The number of hydrogen-bond acceptors (Lipinski definition) is 5. The molecule has 2 rings (SSSR count). The molecule has 6 nitrogen and oxygen atoms in total. The molecule has 0 bridgehead atoms. The highest BCUT2D eigenvalue weighted by Crippen LogP contribution is 2.15. The van der Waals surface area contributed by atoms with Crippen molar-refractivity contribution in [2.45, 2.75) is 24.8 Å². The highest BCUT2D eigenvalue weighted by molar-refractivity contribution is 7.89. The average Bonchev–Trinajstić information content (AvgIpc) is 2.95. The lowest BCUT2D eigenvalue weighted by molar-refractivity contribution is 0.520. The van der Waals surface area contributed by atoms with Gasteiger partial charge in [-0.25, -0.2) is 17.7 Å². The van der Waals surface area contributed by atoms with Crippen LogP contribution in [0.25, 0.3) is 0 Å². The van der Waals surface area contributed by atoms with E-state index in [9.17, 15) is 8.42 Å². The maximum absolute atomic E-state index is 11.9. The van der Waals surface area contributed by atoms with Crippen LogP contribution in [0, 0.1) is 6.92 Å². The normalized spacial score (nSPS) is 12.2. The van der Waals surface area contributed by atoms with Gasteiger partial charge in [-0.3, -0.25) is 4.68 Å². The summed E-state index contributed by atoms with van der Waals surface area (Å²) < 4.78 is 26.6. The molecule has 0 aliphatic rings. The van der Waals surface area contributed by atoms with Crippen LogP contribution < -0.4 is 0 Å². The molecular formula is C11H16N4O2S2. The van der Waals surface area contributed by atoms with Gasteiger partial charge in [0, 0.05) is 38.1 Å². The second-order valence-electron chi connectivity index (χ2n) is 4.34. The zero-order valence-electron chi connectivity index (χ0n) is 11.1. The molecule has 104 valence electrons. The zero-order chi connectivity index (χ0) is 14.0. The van der Waals surface area contributed by atoms with Crippen molar-refractivity contribution in [3.63, 3.8) is 0 Å². The summed E-state index contributed by atoms with van der Waals surface area (Å²) in [4.78, 5) is 5.61. The van der Waals surface area contributed by atoms with Crippen LogP contribution in [0.2, 0.25) is 0 Å². The maximum Gasteiger partial charge on any atom is 0.245 e. The van der Waals surface area contributed by atoms with Crippen molar-refractivity contribution < 1.29 is 8.42 Å². The molecule has 19 heavy (non-hydrogen) atoms. The molecule has 0 saturated heterocycles. The molecule has 0 fully saturated rings. The Hall–Kier alpha value is -1.25. The Labute approximate surface area is 116 Å². The third-order valence-electron chi connectivity index (χ3n) is 2.80. The average molecular weight is 300 g/mol. The second-order valence-corrected chi connectivity index (χ2v) is 7.43. The van der Waals surface area contributed by atoms with Gasteiger partial charge in [0.15, 0.2) is 0 Å². The number of sulfonamides is 1. The van der Waals surface area contributed by atoms with E-state index in [1.165, 1.54) is 29.5 Å². The van der Waals surface area contributed by atoms with Gasteiger partial charge in [0.1, 0.15) is 4.90 Å². The molecule has 0 N–H and O–H groups in total. The third-order valence-corrected chi connectivity index (χ3v) is 5.56. The fourth-order valence-electron chi connectivity index (χ4n) is 1.59. The lowest BCUT2D eigenvalue weighted by Gasteiger charge is -2.08. The van der Waals surface area contributed by atoms with Crippen molar-refractivity contribution in [3.05, 3.63) is 28.5 Å². The smallest absolute Gasteiger partial charge is 0.245 e. The lowest BCUT2D eigenvalue weighted by Crippen LogP contribution is -2.21. The van der Waals surface area contributed by atoms with Crippen molar-refractivity contribution in [1.82, 2.24) is 19.1 Å². The highest BCUT2D eigenvalue weighted by Gasteiger charge is 2.19. The van der Waals surface area contributed by atoms with E-state index in [2.05, 4.69) is 10.1 Å². The molecule has 2 aromatic rings. The molecule has 0 radical (unpaired) electrons. The van der Waals surface area contributed by atoms with Crippen LogP contribution in [-0.2, 0) is 23.0 Å². The summed E-state index contributed by atoms with van der Waals surface area (Å²) in [5, 5.41) is 4.09. The van der Waals surface area contributed by atoms with E-state index >= 15 is 0 Å². The van der Waals surface area contributed by atoms with Crippen LogP contribution in [-0.4, -0.2) is 41.6 Å². The lowest BCUT2D eigenvalue weighted by atomic mass is 10.3. The molecule has 0 spiro atoms. The summed E-state index contributed by atoms with van der Waals surface area (Å²) in [5.41, 5.74) is 2.84. The van der Waals surface area contributed by atoms with Crippen molar-refractivity contribution in [2.75, 3.05) is 14.1 Å². The molecule has 0 unspecified atom stereocenters. The summed E-state index contributed by atoms with van der Waals surface area (Å²) in [6, 6.07) is 0. The van der Waals surface area contributed by atoms with Gasteiger partial charge in [0.25, 0.3) is 0 Å². The molecule has 0 aliphatic carbocycles. The van der Waals surface area contributed by atoms with Crippen molar-refractivity contribution in [3.8, 4) is 0 Å². The number of rotatable bonds is 5. The topological polar surface area (TPSA) is 68.1 Å². The molecule has 0 aromatic carbocycles. The first-order valence-electron chi connectivity index (χ1n) is 5.75. The van der Waals surface area contributed by atoms with Gasteiger partial charge in [-0.2, -0.15) is 5.10 Å². The summed E-state index contributed by atoms with van der Waals surface area (Å²) in [7, 11) is -0.381. The van der Waals surface area contributed by atoms with E-state index in [0.29, 0.717) is 6.54 Å². The standard InChI is InChI=1S/C11H16N4O2S2/c1-9-11(18-8-12-9)4-5-15-7-10(6-13-15)19(16,17)14(2)3/h6-8H,4-5H2,1-3H3. The first kappa shape index (κ1) is 14.2. The SMILES string of the molecule is Cc1ncsc1CCn1cc(S(=O)(=O)N(C)C)cn1. The van der Waals surface area contributed by atoms with E-state index in [0.717, 1.165) is 12.1 Å². The van der Waals surface area contributed by atoms with Crippen molar-refractivity contribution >= 4 is 21.4 Å². The van der Waals surface area contributed by atoms with Gasteiger partial charge in [-0.15, -0.1) is 11.3 Å². The highest BCUT2D eigenvalue weighted by atomic mass is 32.2. The predicted octanol–water partition coefficient (Wildman–Crippen LogP) is 1.14. The Balaban J connectivity index is 2.08. The first-order valence-corrected chi connectivity index (χ1v) is 8.07. The molecule has 8 heteroatoms. The Morgan fingerprint density at radius 2 is 2.16 bits per heavy atom. The predicted molar refractivity (Wildman–Crippen MR) is 73.7 cm³/mol. The summed E-state index contributed by atoms with van der Waals surface area (Å²) >= 11 is 1.61. The van der Waals surface area contributed by atoms with Crippen LogP contribution in [0.3, 0.4) is 0 Å². The van der Waals surface area contributed by atoms with E-state index in [1.807, 2.05) is 12.4 Å². The third kappa shape index (κ3) is 3.02. The Bertz CT molecular complexity index is 658. The largest absolute Gasteiger partial charge is 0.271 e. The summed E-state index contributed by atoms with van der Waals surface area (Å²) in [6.45, 7) is 2.61. The summed E-state index contributed by atoms with van der Waals surface area (Å²) in [6.07, 6.45) is 3.75. The van der Waals surface area contributed by atoms with E-state index in [4.69, 9.17) is 0 Å². The number of thiazole rings is 1. The van der Waals surface area contributed by atoms with Crippen LogP contribution in [0.5, 0.6) is 0 Å². The monoisotopic (exact) mass is 300 g/mol. The Morgan fingerprint density at radius 3 is 2.74 bits per heavy atom. The molecule has 0 atom stereocenters. The van der Waals surface area contributed by atoms with Crippen molar-refractivity contribution in [1.29, 1.82) is 0 Å². The minimum atomic E-state index is -3.40. The Kier molecular flexibility index (Phi) is 4.02. The van der Waals surface area contributed by atoms with Gasteiger partial charge in [0.05, 0.1) is 17.4 Å². The minimum absolute atomic E-state index is 0.221. The van der Waals surface area contributed by atoms with Crippen LogP contribution in [0.1, 0.15) is 10.6 Å². The van der Waals surface area contributed by atoms with Gasteiger partial charge in [-0.1, -0.05) is 0 Å². The van der Waals surface area contributed by atoms with Gasteiger partial charge < -0.3 is 0 Å². The van der Waals surface area contributed by atoms with Gasteiger partial charge in [-0.05, 0) is 6.92 Å². The number of hydrogen-bond donors (Lipinski definition) is 0. The molecule has 0 saturated carbocycles. The molecular weight excluding hydrogens is 284 g/mol. The molecule has 2 heterocycles. The molecule has 0 amide bonds. The molecule has 2 aromatic heterocycles. The second kappa shape index (κ2) is 5.40. The Morgan fingerprint density at radius 1 is 1.42 bits per heavy atom. The first-order chi connectivity index (χ1) is 8.91. The number of aryl methyl sites for hydroxylation is 3. The van der Waals surface area contributed by atoms with Gasteiger partial charge >= 0.3 is 0 Å². The van der Waals surface area contributed by atoms with Crippen LogP contribution in [0.15, 0.2) is 22.8 Å².